The Morgan fingerprint density at radius 1 is 1.35 bits per heavy atom. The summed E-state index contributed by atoms with van der Waals surface area (Å²) >= 11 is 1.14. The number of hydrogen-bond donors (Lipinski definition) is 2. The van der Waals surface area contributed by atoms with Gasteiger partial charge >= 0.3 is 0 Å². The zero-order chi connectivity index (χ0) is 14.2. The van der Waals surface area contributed by atoms with Crippen molar-refractivity contribution in [2.75, 3.05) is 13.1 Å². The smallest absolute Gasteiger partial charge is 0.250 e. The Hall–Kier alpha value is -0.470. The van der Waals surface area contributed by atoms with E-state index in [9.17, 15) is 8.42 Å². The minimum absolute atomic E-state index is 0.0408. The maximum Gasteiger partial charge on any atom is 0.250 e. The quantitative estimate of drug-likeness (QED) is 0.874. The van der Waals surface area contributed by atoms with Crippen LogP contribution in [-0.2, 0) is 16.6 Å². The lowest BCUT2D eigenvalue weighted by atomic mass is 9.99. The van der Waals surface area contributed by atoms with Crippen molar-refractivity contribution >= 4 is 21.4 Å². The molecular weight excluding hydrogens is 296 g/mol. The summed E-state index contributed by atoms with van der Waals surface area (Å²) in [5, 5.41) is 9.03. The Balaban J connectivity index is 1.67. The third kappa shape index (κ3) is 2.92. The molecule has 1 aromatic heterocycles. The maximum atomic E-state index is 12.3. The van der Waals surface area contributed by atoms with E-state index in [4.69, 9.17) is 5.11 Å². The second-order valence-corrected chi connectivity index (χ2v) is 8.66. The molecule has 3 rings (SSSR count). The van der Waals surface area contributed by atoms with Gasteiger partial charge in [0, 0.05) is 17.0 Å². The normalized spacial score (nSPS) is 27.6. The zero-order valence-electron chi connectivity index (χ0n) is 11.3. The molecule has 0 spiro atoms. The predicted molar refractivity (Wildman–Crippen MR) is 78.2 cm³/mol. The molecule has 2 aliphatic heterocycles. The first kappa shape index (κ1) is 14.5. The van der Waals surface area contributed by atoms with Crippen molar-refractivity contribution in [3.05, 3.63) is 17.0 Å². The lowest BCUT2D eigenvalue weighted by molar-refractivity contribution is 0.176. The van der Waals surface area contributed by atoms with Crippen molar-refractivity contribution in [2.24, 2.45) is 0 Å². The molecular formula is C13H20N2O3S2. The first-order chi connectivity index (χ1) is 9.58. The van der Waals surface area contributed by atoms with Gasteiger partial charge in [-0.05, 0) is 50.9 Å². The van der Waals surface area contributed by atoms with Crippen LogP contribution >= 0.6 is 11.3 Å². The van der Waals surface area contributed by atoms with Gasteiger partial charge in [0.2, 0.25) is 10.0 Å². The van der Waals surface area contributed by atoms with Crippen molar-refractivity contribution in [3.63, 3.8) is 0 Å². The Kier molecular flexibility index (Phi) is 4.14. The van der Waals surface area contributed by atoms with Gasteiger partial charge in [0.25, 0.3) is 0 Å². The standard InChI is InChI=1S/C13H20N2O3S2/c16-9-12-3-4-13(19-12)20(17,18)14-10-5-7-15-6-1-2-11(15)8-10/h3-4,10-11,14,16H,1-2,5-9H2. The molecule has 2 N–H and O–H groups in total. The summed E-state index contributed by atoms with van der Waals surface area (Å²) in [6, 6.07) is 3.83. The highest BCUT2D eigenvalue weighted by atomic mass is 32.2. The number of hydrogen-bond acceptors (Lipinski definition) is 5. The summed E-state index contributed by atoms with van der Waals surface area (Å²) in [6.07, 6.45) is 4.21. The summed E-state index contributed by atoms with van der Waals surface area (Å²) in [7, 11) is -3.44. The van der Waals surface area contributed by atoms with E-state index in [0.717, 1.165) is 37.3 Å². The van der Waals surface area contributed by atoms with Crippen LogP contribution in [-0.4, -0.2) is 43.6 Å². The number of sulfonamides is 1. The van der Waals surface area contributed by atoms with E-state index in [0.29, 0.717) is 15.1 Å². The molecule has 20 heavy (non-hydrogen) atoms. The molecule has 7 heteroatoms. The van der Waals surface area contributed by atoms with Crippen LogP contribution in [0.1, 0.15) is 30.6 Å². The van der Waals surface area contributed by atoms with Crippen molar-refractivity contribution in [3.8, 4) is 0 Å². The second-order valence-electron chi connectivity index (χ2n) is 5.55. The molecule has 1 aromatic rings. The lowest BCUT2D eigenvalue weighted by Crippen LogP contribution is -2.47. The monoisotopic (exact) mass is 316 g/mol. The highest BCUT2D eigenvalue weighted by Crippen LogP contribution is 2.28. The van der Waals surface area contributed by atoms with Crippen LogP contribution in [0, 0.1) is 0 Å². The van der Waals surface area contributed by atoms with Gasteiger partial charge in [-0.3, -0.25) is 0 Å². The number of thiophene rings is 1. The van der Waals surface area contributed by atoms with Crippen LogP contribution in [0.25, 0.3) is 0 Å². The topological polar surface area (TPSA) is 69.6 Å². The van der Waals surface area contributed by atoms with E-state index in [-0.39, 0.29) is 12.6 Å². The van der Waals surface area contributed by atoms with Gasteiger partial charge in [0.15, 0.2) is 0 Å². The third-order valence-corrected chi connectivity index (χ3v) is 7.28. The summed E-state index contributed by atoms with van der Waals surface area (Å²) < 4.78 is 27.8. The van der Waals surface area contributed by atoms with Crippen molar-refractivity contribution in [1.82, 2.24) is 9.62 Å². The molecule has 0 aliphatic carbocycles. The van der Waals surface area contributed by atoms with Crippen molar-refractivity contribution in [1.29, 1.82) is 0 Å². The van der Waals surface area contributed by atoms with Crippen molar-refractivity contribution < 1.29 is 13.5 Å². The number of aliphatic hydroxyl groups excluding tert-OH is 1. The van der Waals surface area contributed by atoms with E-state index in [1.165, 1.54) is 12.8 Å². The molecule has 112 valence electrons. The highest BCUT2D eigenvalue weighted by Gasteiger charge is 2.33. The Labute approximate surface area is 123 Å². The molecule has 0 saturated carbocycles. The van der Waals surface area contributed by atoms with E-state index in [1.807, 2.05) is 0 Å². The Bertz CT molecular complexity index is 570. The largest absolute Gasteiger partial charge is 0.391 e. The van der Waals surface area contributed by atoms with E-state index >= 15 is 0 Å². The van der Waals surface area contributed by atoms with Gasteiger partial charge in [0.05, 0.1) is 6.61 Å². The molecule has 0 bridgehead atoms. The molecule has 2 atom stereocenters. The van der Waals surface area contributed by atoms with Gasteiger partial charge in [-0.25, -0.2) is 13.1 Å². The summed E-state index contributed by atoms with van der Waals surface area (Å²) in [6.45, 7) is 2.04. The second kappa shape index (κ2) is 5.73. The van der Waals surface area contributed by atoms with Crippen LogP contribution in [0.5, 0.6) is 0 Å². The fourth-order valence-electron chi connectivity index (χ4n) is 3.20. The molecule has 2 unspecified atom stereocenters. The zero-order valence-corrected chi connectivity index (χ0v) is 12.9. The number of fused-ring (bicyclic) bond motifs is 1. The first-order valence-corrected chi connectivity index (χ1v) is 9.34. The molecule has 0 radical (unpaired) electrons. The van der Waals surface area contributed by atoms with Crippen LogP contribution in [0.15, 0.2) is 16.3 Å². The van der Waals surface area contributed by atoms with Gasteiger partial charge in [-0.2, -0.15) is 0 Å². The lowest BCUT2D eigenvalue weighted by Gasteiger charge is -2.34. The average molecular weight is 316 g/mol. The van der Waals surface area contributed by atoms with E-state index in [2.05, 4.69) is 9.62 Å². The molecule has 0 aromatic carbocycles. The fourth-order valence-corrected chi connectivity index (χ4v) is 5.71. The van der Waals surface area contributed by atoms with Crippen LogP contribution < -0.4 is 4.72 Å². The molecule has 3 heterocycles. The maximum absolute atomic E-state index is 12.3. The molecule has 2 saturated heterocycles. The molecule has 2 fully saturated rings. The van der Waals surface area contributed by atoms with Crippen LogP contribution in [0.4, 0.5) is 0 Å². The Morgan fingerprint density at radius 2 is 2.20 bits per heavy atom. The van der Waals surface area contributed by atoms with Crippen LogP contribution in [0.2, 0.25) is 0 Å². The first-order valence-electron chi connectivity index (χ1n) is 7.04. The minimum Gasteiger partial charge on any atom is -0.391 e. The van der Waals surface area contributed by atoms with Gasteiger partial charge < -0.3 is 10.0 Å². The number of nitrogens with one attached hydrogen (secondary N) is 1. The van der Waals surface area contributed by atoms with E-state index < -0.39 is 10.0 Å². The Morgan fingerprint density at radius 3 is 2.95 bits per heavy atom. The SMILES string of the molecule is O=S(=O)(NC1CCN2CCCC2C1)c1ccc(CO)s1. The molecule has 5 nitrogen and oxygen atoms in total. The predicted octanol–water partition coefficient (Wildman–Crippen LogP) is 1.15. The van der Waals surface area contributed by atoms with E-state index in [1.54, 1.807) is 12.1 Å². The molecule has 2 aliphatic rings. The van der Waals surface area contributed by atoms with Crippen molar-refractivity contribution in [2.45, 2.75) is 48.6 Å². The minimum atomic E-state index is -3.44. The fraction of sp³-hybridized carbons (Fsp3) is 0.692. The summed E-state index contributed by atoms with van der Waals surface area (Å²) in [4.78, 5) is 3.15. The highest BCUT2D eigenvalue weighted by molar-refractivity contribution is 7.91. The average Bonchev–Trinajstić information content (AvgIpc) is 3.06. The number of piperidine rings is 1. The number of aliphatic hydroxyl groups is 1. The molecule has 0 amide bonds. The third-order valence-electron chi connectivity index (χ3n) is 4.20. The van der Waals surface area contributed by atoms with Gasteiger partial charge in [-0.1, -0.05) is 0 Å². The number of rotatable bonds is 4. The summed E-state index contributed by atoms with van der Waals surface area (Å²) in [5.41, 5.74) is 0. The number of nitrogens with zero attached hydrogens (tertiary/aromatic N) is 1. The van der Waals surface area contributed by atoms with Gasteiger partial charge in [0.1, 0.15) is 4.21 Å². The summed E-state index contributed by atoms with van der Waals surface area (Å²) in [5.74, 6) is 0. The van der Waals surface area contributed by atoms with Crippen LogP contribution in [0.3, 0.4) is 0 Å². The van der Waals surface area contributed by atoms with Gasteiger partial charge in [-0.15, -0.1) is 11.3 Å².